The van der Waals surface area contributed by atoms with Crippen molar-refractivity contribution in [2.24, 2.45) is 0 Å². The number of aliphatic hydroxyl groups excluding tert-OH is 1. The van der Waals surface area contributed by atoms with E-state index < -0.39 is 33.1 Å². The number of carbonyl (C=O) groups excluding carboxylic acids is 1. The molecule has 5 unspecified atom stereocenters. The molecular weight excluding hydrogens is 547 g/mol. The van der Waals surface area contributed by atoms with E-state index in [1.807, 2.05) is 6.07 Å². The summed E-state index contributed by atoms with van der Waals surface area (Å²) in [6.45, 7) is 11.0. The molecule has 1 fully saturated rings. The Hall–Kier alpha value is -2.57. The van der Waals surface area contributed by atoms with E-state index in [1.165, 1.54) is 13.4 Å². The lowest BCUT2D eigenvalue weighted by Crippen LogP contribution is -2.39. The summed E-state index contributed by atoms with van der Waals surface area (Å²) in [5, 5.41) is 6.33. The number of hydrogen-bond donors (Lipinski definition) is 2. The van der Waals surface area contributed by atoms with Crippen LogP contribution in [0.2, 0.25) is 0 Å². The first-order valence-corrected chi connectivity index (χ1v) is 14.7. The average molecular weight is 594 g/mol. The highest BCUT2D eigenvalue weighted by molar-refractivity contribution is 7.44. The monoisotopic (exact) mass is 593 g/mol. The van der Waals surface area contributed by atoms with Gasteiger partial charge in [0.25, 0.3) is 14.4 Å². The maximum absolute atomic E-state index is 12.8. The second-order valence-corrected chi connectivity index (χ2v) is 11.2. The fourth-order valence-electron chi connectivity index (χ4n) is 4.61. The predicted molar refractivity (Wildman–Crippen MR) is 158 cm³/mol. The van der Waals surface area contributed by atoms with E-state index in [0.717, 1.165) is 6.42 Å². The maximum Gasteiger partial charge on any atom is 0.259 e. The molecule has 1 amide bonds. The van der Waals surface area contributed by atoms with Crippen molar-refractivity contribution in [3.8, 4) is 0 Å². The van der Waals surface area contributed by atoms with Crippen LogP contribution in [0.3, 0.4) is 0 Å². The molecule has 0 bridgehead atoms. The van der Waals surface area contributed by atoms with Gasteiger partial charge >= 0.3 is 0 Å². The molecule has 2 aromatic heterocycles. The molecule has 0 aliphatic carbocycles. The third-order valence-corrected chi connectivity index (χ3v) is 8.45. The van der Waals surface area contributed by atoms with Gasteiger partial charge in [0.05, 0.1) is 19.0 Å². The number of ether oxygens (including phenoxy) is 2. The van der Waals surface area contributed by atoms with Crippen molar-refractivity contribution in [1.82, 2.24) is 24.2 Å². The fourth-order valence-corrected chi connectivity index (χ4v) is 6.47. The third kappa shape index (κ3) is 7.64. The first kappa shape index (κ1) is 29.9. The number of hydrogen-bond acceptors (Lipinski definition) is 10. The van der Waals surface area contributed by atoms with Gasteiger partial charge in [-0.1, -0.05) is 25.1 Å². The number of nitrogens with zero attached hydrogens (tertiary/aromatic N) is 5. The zero-order valence-electron chi connectivity index (χ0n) is 26.8. The minimum Gasteiger partial charge on any atom is -0.400 e. The van der Waals surface area contributed by atoms with Gasteiger partial charge < -0.3 is 28.9 Å². The number of benzene rings is 1. The summed E-state index contributed by atoms with van der Waals surface area (Å²) < 4.78 is 43.0. The molecule has 0 saturated carbocycles. The second-order valence-electron chi connectivity index (χ2n) is 9.84. The lowest BCUT2D eigenvalue weighted by atomic mass is 10.1. The van der Waals surface area contributed by atoms with E-state index >= 15 is 0 Å². The molecule has 0 spiro atoms. The molecule has 5 atom stereocenters. The predicted octanol–water partition coefficient (Wildman–Crippen LogP) is 4.78. The Morgan fingerprint density at radius 3 is 2.56 bits per heavy atom. The fraction of sp³-hybridized carbons (Fsp3) is 0.571. The number of imidazole rings is 1. The topological polar surface area (TPSA) is 133 Å². The van der Waals surface area contributed by atoms with Crippen molar-refractivity contribution in [1.29, 1.82) is 1.43 Å². The van der Waals surface area contributed by atoms with Gasteiger partial charge in [-0.15, -0.1) is 0 Å². The zero-order valence-corrected chi connectivity index (χ0v) is 25.7. The van der Waals surface area contributed by atoms with Gasteiger partial charge in [-0.25, -0.2) is 19.6 Å². The maximum atomic E-state index is 12.8. The number of aliphatic hydroxyl groups is 1. The molecule has 1 aromatic carbocycles. The van der Waals surface area contributed by atoms with Gasteiger partial charge in [-0.3, -0.25) is 9.36 Å². The molecule has 1 aliphatic rings. The van der Waals surface area contributed by atoms with Gasteiger partial charge in [-0.2, -0.15) is 0 Å². The summed E-state index contributed by atoms with van der Waals surface area (Å²) in [5.41, 5.74) is 1.38. The van der Waals surface area contributed by atoms with Crippen LogP contribution in [0, 0.1) is 0 Å². The molecule has 13 heteroatoms. The Morgan fingerprint density at radius 2 is 1.95 bits per heavy atom. The van der Waals surface area contributed by atoms with Gasteiger partial charge in [0.15, 0.2) is 23.2 Å². The van der Waals surface area contributed by atoms with E-state index in [1.54, 1.807) is 42.3 Å². The Morgan fingerprint density at radius 1 is 1.24 bits per heavy atom. The van der Waals surface area contributed by atoms with E-state index in [9.17, 15) is 4.79 Å². The Bertz CT molecular complexity index is 1270. The van der Waals surface area contributed by atoms with Crippen molar-refractivity contribution in [3.63, 3.8) is 0 Å². The first-order chi connectivity index (χ1) is 20.7. The summed E-state index contributed by atoms with van der Waals surface area (Å²) in [5.74, 6) is -0.0135. The van der Waals surface area contributed by atoms with Gasteiger partial charge in [0.2, 0.25) is 1.43 Å². The molecule has 226 valence electrons. The number of anilines is 1. The molecular formula is C28H43N6O6P. The number of nitrogens with one attached hydrogen (secondary N) is 1. The van der Waals surface area contributed by atoms with Crippen LogP contribution in [0.15, 0.2) is 43.0 Å². The molecule has 2 N–H and O–H groups in total. The second kappa shape index (κ2) is 15.6. The molecule has 0 radical (unpaired) electrons. The number of carbonyl (C=O) groups is 1. The van der Waals surface area contributed by atoms with Crippen LogP contribution in [0.4, 0.5) is 5.82 Å². The lowest BCUT2D eigenvalue weighted by molar-refractivity contribution is -0.0466. The van der Waals surface area contributed by atoms with Crippen molar-refractivity contribution in [2.75, 3.05) is 26.1 Å². The van der Waals surface area contributed by atoms with E-state index in [-0.39, 0.29) is 30.7 Å². The quantitative estimate of drug-likeness (QED) is 0.283. The van der Waals surface area contributed by atoms with Crippen molar-refractivity contribution in [2.45, 2.75) is 84.6 Å². The summed E-state index contributed by atoms with van der Waals surface area (Å²) in [6, 6.07) is 9.26. The molecule has 3 aromatic rings. The van der Waals surface area contributed by atoms with Crippen LogP contribution < -0.4 is 5.32 Å². The lowest BCUT2D eigenvalue weighted by Gasteiger charge is -2.38. The summed E-state index contributed by atoms with van der Waals surface area (Å²) >= 11 is 0. The summed E-state index contributed by atoms with van der Waals surface area (Å²) in [6.07, 6.45) is 1.45. The smallest absolute Gasteiger partial charge is 0.259 e. The van der Waals surface area contributed by atoms with Crippen molar-refractivity contribution >= 4 is 31.4 Å². The number of methoxy groups -OCH3 is 1. The van der Waals surface area contributed by atoms with E-state index in [4.69, 9.17) is 21.3 Å². The standard InChI is InChI=1S/C27H39N6O5P.CH4O/c1-8-14-36-39(33(17(2)3)18(4)5)38-22-19(6)37-27(23(22)35-7)32-16-30-21-24(28-15-29-25(21)32)31-26(34)20-12-10-9-11-13-20;1-2/h9-13,15-19,22-23,27H,8,14H2,1-7H3,(H,28,29,31,34);2H,1H3/i6D;2T. The molecule has 1 saturated heterocycles. The van der Waals surface area contributed by atoms with E-state index in [2.05, 4.69) is 64.7 Å². The number of amides is 1. The van der Waals surface area contributed by atoms with E-state index in [0.29, 0.717) is 23.3 Å². The van der Waals surface area contributed by atoms with Crippen LogP contribution in [0.25, 0.3) is 11.2 Å². The minimum atomic E-state index is -1.44. The van der Waals surface area contributed by atoms with Crippen molar-refractivity contribution in [3.05, 3.63) is 48.5 Å². The van der Waals surface area contributed by atoms with Crippen molar-refractivity contribution < 1.29 is 29.8 Å². The first-order valence-electron chi connectivity index (χ1n) is 14.7. The van der Waals surface area contributed by atoms with Crippen LogP contribution in [0.1, 0.15) is 65.9 Å². The zero-order chi connectivity index (χ0) is 31.5. The Labute approximate surface area is 246 Å². The van der Waals surface area contributed by atoms with Gasteiger partial charge in [-0.05, 0) is 53.1 Å². The Kier molecular flexibility index (Phi) is 11.4. The van der Waals surface area contributed by atoms with Gasteiger partial charge in [0, 0.05) is 33.2 Å². The highest BCUT2D eigenvalue weighted by Crippen LogP contribution is 2.50. The third-order valence-electron chi connectivity index (χ3n) is 6.32. The highest BCUT2D eigenvalue weighted by Gasteiger charge is 2.48. The molecule has 41 heavy (non-hydrogen) atoms. The molecule has 12 nitrogen and oxygen atoms in total. The molecule has 3 heterocycles. The Balaban J connectivity index is 0.00000162. The van der Waals surface area contributed by atoms with Crippen LogP contribution in [-0.4, -0.2) is 87.9 Å². The summed E-state index contributed by atoms with van der Waals surface area (Å²) in [7, 11) is 1.45. The van der Waals surface area contributed by atoms with Crippen LogP contribution >= 0.6 is 8.53 Å². The van der Waals surface area contributed by atoms with Gasteiger partial charge in [0.1, 0.15) is 18.5 Å². The number of rotatable bonds is 12. The average Bonchev–Trinajstić information content (AvgIpc) is 3.57. The van der Waals surface area contributed by atoms with Crippen LogP contribution in [-0.2, 0) is 18.5 Å². The SMILES string of the molecule is [2H]CC1OC(n2cnc3c(NC(=O)c4ccccc4)ncnc32)C(OC)C1OP(OCCC)N(C(C)C)C(C)C.[3H]OC. The van der Waals surface area contributed by atoms with Crippen LogP contribution in [0.5, 0.6) is 0 Å². The summed E-state index contributed by atoms with van der Waals surface area (Å²) in [4.78, 5) is 26.0. The largest absolute Gasteiger partial charge is 0.400 e. The normalized spacial score (nSPS) is 22.0. The molecule has 4 rings (SSSR count). The number of fused-ring (bicyclic) bond motifs is 1. The molecule has 1 aliphatic heterocycles. The minimum absolute atomic E-state index is 0.0265. The number of aromatic nitrogens is 4. The highest BCUT2D eigenvalue weighted by atomic mass is 31.2.